The molecule has 0 aliphatic carbocycles. The Morgan fingerprint density at radius 2 is 2.16 bits per heavy atom. The average molecular weight is 328 g/mol. The van der Waals surface area contributed by atoms with Crippen molar-refractivity contribution in [2.45, 2.75) is 38.3 Å². The quantitative estimate of drug-likeness (QED) is 0.871. The van der Waals surface area contributed by atoms with E-state index >= 15 is 0 Å². The molecule has 2 atom stereocenters. The molecule has 1 heterocycles. The summed E-state index contributed by atoms with van der Waals surface area (Å²) < 4.78 is 6.82. The van der Waals surface area contributed by atoms with Crippen molar-refractivity contribution in [1.29, 1.82) is 0 Å². The molecule has 0 saturated carbocycles. The van der Waals surface area contributed by atoms with Gasteiger partial charge in [0.2, 0.25) is 0 Å². The van der Waals surface area contributed by atoms with Gasteiger partial charge in [0, 0.05) is 17.1 Å². The fraction of sp³-hybridized carbons (Fsp3) is 0.600. The van der Waals surface area contributed by atoms with E-state index in [0.29, 0.717) is 12.6 Å². The lowest BCUT2D eigenvalue weighted by Gasteiger charge is -2.25. The molecular weight excluding hydrogens is 306 g/mol. The zero-order valence-electron chi connectivity index (χ0n) is 11.4. The van der Waals surface area contributed by atoms with E-state index in [4.69, 9.17) is 4.74 Å². The minimum atomic E-state index is -0.210. The van der Waals surface area contributed by atoms with Crippen LogP contribution < -0.4 is 4.74 Å². The molecule has 1 aromatic carbocycles. The maximum Gasteiger partial charge on any atom is 0.119 e. The molecule has 1 fully saturated rings. The zero-order chi connectivity index (χ0) is 13.7. The number of halogens is 1. The molecule has 2 unspecified atom stereocenters. The summed E-state index contributed by atoms with van der Waals surface area (Å²) >= 11 is 3.41. The van der Waals surface area contributed by atoms with Crippen LogP contribution in [-0.2, 0) is 0 Å². The van der Waals surface area contributed by atoms with Gasteiger partial charge in [0.05, 0.1) is 6.10 Å². The smallest absolute Gasteiger partial charge is 0.119 e. The lowest BCUT2D eigenvalue weighted by molar-refractivity contribution is 0.124. The van der Waals surface area contributed by atoms with E-state index in [2.05, 4.69) is 20.8 Å². The van der Waals surface area contributed by atoms with Crippen molar-refractivity contribution in [1.82, 2.24) is 4.90 Å². The van der Waals surface area contributed by atoms with Crippen molar-refractivity contribution in [3.05, 3.63) is 28.7 Å². The SMILES string of the molecule is CC(O)CC1CCCN1CCOc1ccc(Br)cc1. The number of rotatable bonds is 6. The van der Waals surface area contributed by atoms with Gasteiger partial charge in [-0.25, -0.2) is 0 Å². The Kier molecular flexibility index (Phi) is 5.67. The standard InChI is InChI=1S/C15H22BrNO2/c1-12(18)11-14-3-2-8-17(14)9-10-19-15-6-4-13(16)5-7-15/h4-7,12,14,18H,2-3,8-11H2,1H3. The first-order valence-corrected chi connectivity index (χ1v) is 7.75. The first-order valence-electron chi connectivity index (χ1n) is 6.95. The van der Waals surface area contributed by atoms with E-state index in [0.717, 1.165) is 29.7 Å². The number of aliphatic hydroxyl groups excluding tert-OH is 1. The third kappa shape index (κ3) is 4.79. The zero-order valence-corrected chi connectivity index (χ0v) is 13.0. The van der Waals surface area contributed by atoms with Gasteiger partial charge in [0.25, 0.3) is 0 Å². The molecule has 1 saturated heterocycles. The van der Waals surface area contributed by atoms with Crippen molar-refractivity contribution < 1.29 is 9.84 Å². The van der Waals surface area contributed by atoms with Crippen molar-refractivity contribution in [3.8, 4) is 5.75 Å². The van der Waals surface area contributed by atoms with Crippen LogP contribution in [0.1, 0.15) is 26.2 Å². The van der Waals surface area contributed by atoms with Crippen LogP contribution in [0.15, 0.2) is 28.7 Å². The molecule has 1 aromatic rings. The maximum absolute atomic E-state index is 9.50. The normalized spacial score (nSPS) is 21.5. The van der Waals surface area contributed by atoms with Gasteiger partial charge in [-0.05, 0) is 57.0 Å². The van der Waals surface area contributed by atoms with Crippen molar-refractivity contribution >= 4 is 15.9 Å². The third-order valence-electron chi connectivity index (χ3n) is 3.57. The summed E-state index contributed by atoms with van der Waals surface area (Å²) in [5.41, 5.74) is 0. The summed E-state index contributed by atoms with van der Waals surface area (Å²) in [5, 5.41) is 9.50. The van der Waals surface area contributed by atoms with Gasteiger partial charge >= 0.3 is 0 Å². The molecule has 4 heteroatoms. The number of ether oxygens (including phenoxy) is 1. The highest BCUT2D eigenvalue weighted by molar-refractivity contribution is 9.10. The summed E-state index contributed by atoms with van der Waals surface area (Å²) in [5.74, 6) is 0.912. The molecule has 19 heavy (non-hydrogen) atoms. The highest BCUT2D eigenvalue weighted by atomic mass is 79.9. The lowest BCUT2D eigenvalue weighted by atomic mass is 10.1. The second-order valence-electron chi connectivity index (χ2n) is 5.22. The summed E-state index contributed by atoms with van der Waals surface area (Å²) in [6.07, 6.45) is 3.09. The predicted molar refractivity (Wildman–Crippen MR) is 80.5 cm³/mol. The van der Waals surface area contributed by atoms with E-state index in [1.54, 1.807) is 0 Å². The van der Waals surface area contributed by atoms with Crippen molar-refractivity contribution in [3.63, 3.8) is 0 Å². The fourth-order valence-electron chi connectivity index (χ4n) is 2.66. The van der Waals surface area contributed by atoms with Gasteiger partial charge in [0.15, 0.2) is 0 Å². The van der Waals surface area contributed by atoms with Gasteiger partial charge in [-0.15, -0.1) is 0 Å². The second-order valence-corrected chi connectivity index (χ2v) is 6.13. The molecule has 106 valence electrons. The first kappa shape index (κ1) is 14.8. The molecule has 0 radical (unpaired) electrons. The Labute approximate surface area is 123 Å². The third-order valence-corrected chi connectivity index (χ3v) is 4.10. The first-order chi connectivity index (χ1) is 9.15. The second kappa shape index (κ2) is 7.27. The lowest BCUT2D eigenvalue weighted by Crippen LogP contribution is -2.35. The minimum Gasteiger partial charge on any atom is -0.492 e. The van der Waals surface area contributed by atoms with Gasteiger partial charge in [0.1, 0.15) is 12.4 Å². The van der Waals surface area contributed by atoms with E-state index in [1.807, 2.05) is 31.2 Å². The Morgan fingerprint density at radius 1 is 1.42 bits per heavy atom. The van der Waals surface area contributed by atoms with Crippen LogP contribution in [0.4, 0.5) is 0 Å². The molecule has 2 rings (SSSR count). The largest absolute Gasteiger partial charge is 0.492 e. The Balaban J connectivity index is 1.74. The Morgan fingerprint density at radius 3 is 2.84 bits per heavy atom. The molecule has 0 amide bonds. The van der Waals surface area contributed by atoms with Crippen LogP contribution in [0.25, 0.3) is 0 Å². The van der Waals surface area contributed by atoms with Crippen LogP contribution in [0.3, 0.4) is 0 Å². The van der Waals surface area contributed by atoms with E-state index in [1.165, 1.54) is 12.8 Å². The van der Waals surface area contributed by atoms with Crippen molar-refractivity contribution in [2.75, 3.05) is 19.7 Å². The van der Waals surface area contributed by atoms with Crippen LogP contribution >= 0.6 is 15.9 Å². The minimum absolute atomic E-state index is 0.210. The van der Waals surface area contributed by atoms with Crippen LogP contribution in [0.5, 0.6) is 5.75 Å². The average Bonchev–Trinajstić information content (AvgIpc) is 2.78. The van der Waals surface area contributed by atoms with Gasteiger partial charge in [-0.1, -0.05) is 15.9 Å². The van der Waals surface area contributed by atoms with Gasteiger partial charge < -0.3 is 9.84 Å². The molecule has 0 bridgehead atoms. The topological polar surface area (TPSA) is 32.7 Å². The van der Waals surface area contributed by atoms with Crippen molar-refractivity contribution in [2.24, 2.45) is 0 Å². The molecule has 1 aliphatic heterocycles. The van der Waals surface area contributed by atoms with Gasteiger partial charge in [-0.3, -0.25) is 4.90 Å². The molecule has 1 aliphatic rings. The highest BCUT2D eigenvalue weighted by Gasteiger charge is 2.25. The summed E-state index contributed by atoms with van der Waals surface area (Å²) in [4.78, 5) is 2.44. The number of likely N-dealkylation sites (tertiary alicyclic amines) is 1. The Bertz CT molecular complexity index is 380. The van der Waals surface area contributed by atoms with Crippen LogP contribution in [0.2, 0.25) is 0 Å². The summed E-state index contributed by atoms with van der Waals surface area (Å²) in [6.45, 7) is 4.64. The Hall–Kier alpha value is -0.580. The number of aliphatic hydroxyl groups is 1. The van der Waals surface area contributed by atoms with Crippen LogP contribution in [-0.4, -0.2) is 41.8 Å². The predicted octanol–water partition coefficient (Wildman–Crippen LogP) is 3.06. The monoisotopic (exact) mass is 327 g/mol. The number of benzene rings is 1. The molecule has 1 N–H and O–H groups in total. The highest BCUT2D eigenvalue weighted by Crippen LogP contribution is 2.21. The summed E-state index contributed by atoms with van der Waals surface area (Å²) in [6, 6.07) is 8.44. The van der Waals surface area contributed by atoms with E-state index in [9.17, 15) is 5.11 Å². The maximum atomic E-state index is 9.50. The molecule has 0 spiro atoms. The van der Waals surface area contributed by atoms with E-state index < -0.39 is 0 Å². The number of nitrogens with zero attached hydrogens (tertiary/aromatic N) is 1. The number of hydrogen-bond acceptors (Lipinski definition) is 3. The van der Waals surface area contributed by atoms with Crippen LogP contribution in [0, 0.1) is 0 Å². The van der Waals surface area contributed by atoms with E-state index in [-0.39, 0.29) is 6.10 Å². The molecular formula is C15H22BrNO2. The van der Waals surface area contributed by atoms with Gasteiger partial charge in [-0.2, -0.15) is 0 Å². The summed E-state index contributed by atoms with van der Waals surface area (Å²) in [7, 11) is 0. The fourth-order valence-corrected chi connectivity index (χ4v) is 2.93. The molecule has 3 nitrogen and oxygen atoms in total. The number of hydrogen-bond donors (Lipinski definition) is 1. The molecule has 0 aromatic heterocycles.